The Hall–Kier alpha value is -5.92. The van der Waals surface area contributed by atoms with Crippen molar-refractivity contribution in [2.24, 2.45) is 11.8 Å². The number of rotatable bonds is 10. The van der Waals surface area contributed by atoms with Crippen LogP contribution >= 0.6 is 0 Å². The maximum absolute atomic E-state index is 13.7. The van der Waals surface area contributed by atoms with E-state index in [4.69, 9.17) is 14.7 Å². The number of nitrogens with zero attached hydrogens (tertiary/aromatic N) is 4. The van der Waals surface area contributed by atoms with Gasteiger partial charge in [0.2, 0.25) is 11.8 Å². The maximum atomic E-state index is 13.7. The minimum absolute atomic E-state index is 0.114. The van der Waals surface area contributed by atoms with Crippen molar-refractivity contribution >= 4 is 46.1 Å². The summed E-state index contributed by atoms with van der Waals surface area (Å²) in [6, 6.07) is 14.7. The fourth-order valence-electron chi connectivity index (χ4n) is 8.49. The van der Waals surface area contributed by atoms with E-state index in [-0.39, 0.29) is 35.7 Å². The van der Waals surface area contributed by atoms with E-state index in [1.807, 2.05) is 44.7 Å². The van der Waals surface area contributed by atoms with Crippen molar-refractivity contribution in [2.75, 3.05) is 20.2 Å². The molecule has 3 aromatic carbocycles. The molecule has 0 aliphatic carbocycles. The predicted molar refractivity (Wildman–Crippen MR) is 217 cm³/mol. The summed E-state index contributed by atoms with van der Waals surface area (Å²) in [6.45, 7) is 12.9. The van der Waals surface area contributed by atoms with Crippen LogP contribution in [0.25, 0.3) is 44.3 Å². The van der Waals surface area contributed by atoms with E-state index in [0.29, 0.717) is 18.9 Å². The number of carboxylic acid groups (broad SMARTS) is 1. The van der Waals surface area contributed by atoms with Gasteiger partial charge in [-0.15, -0.1) is 0 Å². The second kappa shape index (κ2) is 15.9. The molecule has 0 bridgehead atoms. The Labute approximate surface area is 331 Å². The molecule has 2 fully saturated rings. The fraction of sp³-hybridized carbons (Fsp3) is 0.442. The lowest BCUT2D eigenvalue weighted by molar-refractivity contribution is -0.136. The SMILES string of the molecule is COC(=O)N[C@H](C(=O)N1CCC[C@H]1c1nc2ccc(-c3ccc(-c4ccc5nc([C@@H]6CCCN6C(=O)[C@@H](NC(=O)O)C(C)C)[nH]c5c4)c(C)c3C)cc2[nH]1)C(C)C. The van der Waals surface area contributed by atoms with Crippen LogP contribution in [0.4, 0.5) is 9.59 Å². The molecule has 4 amide bonds. The third-order valence-electron chi connectivity index (χ3n) is 11.7. The van der Waals surface area contributed by atoms with Gasteiger partial charge in [-0.25, -0.2) is 19.6 Å². The van der Waals surface area contributed by atoms with Crippen molar-refractivity contribution < 1.29 is 29.0 Å². The first kappa shape index (κ1) is 39.3. The zero-order chi connectivity index (χ0) is 40.7. The molecule has 14 heteroatoms. The predicted octanol–water partition coefficient (Wildman–Crippen LogP) is 7.39. The number of carbonyl (C=O) groups is 4. The highest BCUT2D eigenvalue weighted by atomic mass is 16.5. The molecule has 2 aliphatic rings. The van der Waals surface area contributed by atoms with Crippen LogP contribution in [0.3, 0.4) is 0 Å². The van der Waals surface area contributed by atoms with E-state index < -0.39 is 24.3 Å². The van der Waals surface area contributed by atoms with Gasteiger partial charge in [-0.2, -0.15) is 0 Å². The molecule has 5 aromatic rings. The van der Waals surface area contributed by atoms with Gasteiger partial charge >= 0.3 is 12.2 Å². The first-order chi connectivity index (χ1) is 27.2. The zero-order valence-corrected chi connectivity index (χ0v) is 33.6. The average molecular weight is 777 g/mol. The lowest BCUT2D eigenvalue weighted by Crippen LogP contribution is -2.51. The largest absolute Gasteiger partial charge is 0.465 e. The Morgan fingerprint density at radius 3 is 1.56 bits per heavy atom. The maximum Gasteiger partial charge on any atom is 0.407 e. The molecule has 0 radical (unpaired) electrons. The van der Waals surface area contributed by atoms with Crippen LogP contribution in [-0.4, -0.2) is 91.1 Å². The molecule has 57 heavy (non-hydrogen) atoms. The minimum atomic E-state index is -1.21. The van der Waals surface area contributed by atoms with Crippen molar-refractivity contribution in [2.45, 2.75) is 91.4 Å². The summed E-state index contributed by atoms with van der Waals surface area (Å²) >= 11 is 0. The standard InChI is InChI=1S/C43H52N8O6/c1-22(2)36(48-42(54)55)40(52)50-18-8-10-34(50)38-44-30-16-12-26(20-32(30)46-38)28-14-15-29(25(6)24(28)5)27-13-17-31-33(21-27)47-39(45-31)35-11-9-19-51(35)41(53)37(23(3)4)49-43(56)57-7/h12-17,20-23,34-37,48H,8-11,18-19H2,1-7H3,(H,44,46)(H,45,47)(H,49,56)(H,54,55)/t34-,35-,36-,37-/m0/s1. The van der Waals surface area contributed by atoms with Crippen molar-refractivity contribution in [3.8, 4) is 22.3 Å². The van der Waals surface area contributed by atoms with E-state index in [1.165, 1.54) is 7.11 Å². The highest BCUT2D eigenvalue weighted by Crippen LogP contribution is 2.38. The summed E-state index contributed by atoms with van der Waals surface area (Å²) in [5, 5.41) is 14.5. The van der Waals surface area contributed by atoms with Gasteiger partial charge in [0.1, 0.15) is 23.7 Å². The quantitative estimate of drug-likeness (QED) is 0.0972. The van der Waals surface area contributed by atoms with E-state index in [2.05, 4.69) is 70.8 Å². The lowest BCUT2D eigenvalue weighted by atomic mass is 9.90. The number of alkyl carbamates (subject to hydrolysis) is 1. The first-order valence-corrected chi connectivity index (χ1v) is 19.8. The number of hydrogen-bond acceptors (Lipinski definition) is 7. The van der Waals surface area contributed by atoms with Gasteiger partial charge in [0, 0.05) is 13.1 Å². The number of H-pyrrole nitrogens is 2. The number of methoxy groups -OCH3 is 1. The second-order valence-electron chi connectivity index (χ2n) is 16.0. The molecule has 4 heterocycles. The zero-order valence-electron chi connectivity index (χ0n) is 33.6. The number of amides is 4. The summed E-state index contributed by atoms with van der Waals surface area (Å²) in [7, 11) is 1.29. The van der Waals surface area contributed by atoms with Gasteiger partial charge in [0.25, 0.3) is 0 Å². The number of aromatic nitrogens is 4. The molecule has 2 saturated heterocycles. The Balaban J connectivity index is 1.12. The molecule has 14 nitrogen and oxygen atoms in total. The molecule has 0 unspecified atom stereocenters. The summed E-state index contributed by atoms with van der Waals surface area (Å²) in [6.07, 6.45) is 1.33. The minimum Gasteiger partial charge on any atom is -0.465 e. The van der Waals surface area contributed by atoms with E-state index in [1.54, 1.807) is 4.90 Å². The summed E-state index contributed by atoms with van der Waals surface area (Å²) < 4.78 is 4.78. The van der Waals surface area contributed by atoms with Crippen LogP contribution in [-0.2, 0) is 14.3 Å². The van der Waals surface area contributed by atoms with Crippen LogP contribution in [0.2, 0.25) is 0 Å². The second-order valence-corrected chi connectivity index (χ2v) is 16.0. The van der Waals surface area contributed by atoms with Crippen molar-refractivity contribution in [3.05, 3.63) is 71.3 Å². The van der Waals surface area contributed by atoms with Crippen LogP contribution in [0, 0.1) is 25.7 Å². The normalized spacial score (nSPS) is 18.1. The lowest BCUT2D eigenvalue weighted by Gasteiger charge is -2.29. The van der Waals surface area contributed by atoms with Crippen molar-refractivity contribution in [1.82, 2.24) is 40.4 Å². The third kappa shape index (κ3) is 7.64. The summed E-state index contributed by atoms with van der Waals surface area (Å²) in [5.41, 5.74) is 9.98. The van der Waals surface area contributed by atoms with Gasteiger partial charge in [-0.05, 0) is 109 Å². The molecule has 0 spiro atoms. The highest BCUT2D eigenvalue weighted by molar-refractivity contribution is 5.89. The summed E-state index contributed by atoms with van der Waals surface area (Å²) in [4.78, 5) is 71.0. The molecule has 0 saturated carbocycles. The Kier molecular flexibility index (Phi) is 11.0. The highest BCUT2D eigenvalue weighted by Gasteiger charge is 2.39. The smallest absolute Gasteiger partial charge is 0.407 e. The number of likely N-dealkylation sites (tertiary alicyclic amines) is 2. The molecule has 4 atom stereocenters. The van der Waals surface area contributed by atoms with E-state index >= 15 is 0 Å². The number of fused-ring (bicyclic) bond motifs is 2. The van der Waals surface area contributed by atoms with Crippen molar-refractivity contribution in [3.63, 3.8) is 0 Å². The molecular formula is C43H52N8O6. The van der Waals surface area contributed by atoms with Gasteiger partial charge in [0.15, 0.2) is 0 Å². The number of ether oxygens (including phenoxy) is 1. The van der Waals surface area contributed by atoms with Crippen molar-refractivity contribution in [1.29, 1.82) is 0 Å². The van der Waals surface area contributed by atoms with Crippen LogP contribution in [0.15, 0.2) is 48.5 Å². The van der Waals surface area contributed by atoms with E-state index in [9.17, 15) is 24.3 Å². The monoisotopic (exact) mass is 776 g/mol. The fourth-order valence-corrected chi connectivity index (χ4v) is 8.49. The van der Waals surface area contributed by atoms with Gasteiger partial charge in [-0.1, -0.05) is 52.0 Å². The summed E-state index contributed by atoms with van der Waals surface area (Å²) in [5.74, 6) is 0.758. The Bertz CT molecular complexity index is 2350. The average Bonchev–Trinajstić information content (AvgIpc) is 4.01. The first-order valence-electron chi connectivity index (χ1n) is 19.8. The van der Waals surface area contributed by atoms with Crippen LogP contribution < -0.4 is 10.6 Å². The molecule has 300 valence electrons. The van der Waals surface area contributed by atoms with Gasteiger partial charge in [0.05, 0.1) is 41.3 Å². The third-order valence-corrected chi connectivity index (χ3v) is 11.7. The Morgan fingerprint density at radius 1 is 0.719 bits per heavy atom. The number of hydrogen-bond donors (Lipinski definition) is 5. The molecular weight excluding hydrogens is 725 g/mol. The molecule has 7 rings (SSSR count). The van der Waals surface area contributed by atoms with Crippen LogP contribution in [0.5, 0.6) is 0 Å². The number of benzene rings is 3. The number of imidazole rings is 2. The molecule has 5 N–H and O–H groups in total. The van der Waals surface area contributed by atoms with Gasteiger partial charge < -0.3 is 40.2 Å². The topological polar surface area (TPSA) is 186 Å². The number of nitrogens with one attached hydrogen (secondary N) is 4. The molecule has 2 aliphatic heterocycles. The van der Waals surface area contributed by atoms with Gasteiger partial charge in [-0.3, -0.25) is 9.59 Å². The number of carbonyl (C=O) groups excluding carboxylic acids is 3. The molecule has 2 aromatic heterocycles. The number of aromatic amines is 2. The van der Waals surface area contributed by atoms with Crippen LogP contribution in [0.1, 0.15) is 88.2 Å². The van der Waals surface area contributed by atoms with E-state index in [0.717, 1.165) is 87.0 Å². The Morgan fingerprint density at radius 2 is 1.16 bits per heavy atom.